The highest BCUT2D eigenvalue weighted by Gasteiger charge is 2.20. The summed E-state index contributed by atoms with van der Waals surface area (Å²) >= 11 is 0. The Morgan fingerprint density at radius 1 is 0.353 bits per heavy atom. The highest BCUT2D eigenvalue weighted by Crippen LogP contribution is 2.44. The van der Waals surface area contributed by atoms with E-state index in [-0.39, 0.29) is 0 Å². The van der Waals surface area contributed by atoms with E-state index >= 15 is 0 Å². The largest absolute Gasteiger partial charge is 0.455 e. The Morgan fingerprint density at radius 3 is 1.80 bits per heavy atom. The van der Waals surface area contributed by atoms with Crippen LogP contribution in [0, 0.1) is 0 Å². The van der Waals surface area contributed by atoms with E-state index in [4.69, 9.17) is 14.4 Å². The number of fused-ring (bicyclic) bond motifs is 6. The Hall–Kier alpha value is -6.84. The summed E-state index contributed by atoms with van der Waals surface area (Å²) in [6.07, 6.45) is 0. The summed E-state index contributed by atoms with van der Waals surface area (Å²) in [4.78, 5) is 10.2. The summed E-state index contributed by atoms with van der Waals surface area (Å²) in [5, 5.41) is 6.95. The molecule has 0 radical (unpaired) electrons. The molecule has 0 bridgehead atoms. The number of para-hydroxylation sites is 1. The minimum atomic E-state index is 0.690. The third-order valence-electron chi connectivity index (χ3n) is 9.88. The van der Waals surface area contributed by atoms with Gasteiger partial charge in [-0.3, -0.25) is 0 Å². The van der Waals surface area contributed by atoms with Gasteiger partial charge in [0.15, 0.2) is 5.82 Å². The van der Waals surface area contributed by atoms with Crippen molar-refractivity contribution in [1.82, 2.24) is 9.97 Å². The predicted octanol–water partition coefficient (Wildman–Crippen LogP) is 13.0. The third kappa shape index (κ3) is 4.98. The minimum absolute atomic E-state index is 0.690. The van der Waals surface area contributed by atoms with E-state index in [1.807, 2.05) is 36.4 Å². The molecule has 3 nitrogen and oxygen atoms in total. The monoisotopic (exact) mass is 650 g/mol. The summed E-state index contributed by atoms with van der Waals surface area (Å²) in [6, 6.07) is 63.8. The Balaban J connectivity index is 1.21. The van der Waals surface area contributed by atoms with Crippen molar-refractivity contribution in [2.45, 2.75) is 0 Å². The topological polar surface area (TPSA) is 38.9 Å². The molecule has 2 heterocycles. The van der Waals surface area contributed by atoms with Crippen molar-refractivity contribution in [3.63, 3.8) is 0 Å². The number of rotatable bonds is 5. The van der Waals surface area contributed by atoms with E-state index in [1.165, 1.54) is 32.7 Å². The molecule has 238 valence electrons. The van der Waals surface area contributed by atoms with Gasteiger partial charge in [-0.2, -0.15) is 0 Å². The van der Waals surface area contributed by atoms with Gasteiger partial charge >= 0.3 is 0 Å². The van der Waals surface area contributed by atoms with Gasteiger partial charge in [-0.1, -0.05) is 158 Å². The molecule has 0 saturated heterocycles. The highest BCUT2D eigenvalue weighted by molar-refractivity contribution is 6.20. The van der Waals surface area contributed by atoms with Crippen molar-refractivity contribution >= 4 is 43.5 Å². The van der Waals surface area contributed by atoms with E-state index < -0.39 is 0 Å². The molecule has 0 fully saturated rings. The maximum absolute atomic E-state index is 6.84. The molecule has 0 atom stereocenters. The number of benzene rings is 8. The fourth-order valence-corrected chi connectivity index (χ4v) is 7.47. The molecular formula is C48H30N2O. The Bertz CT molecular complexity index is 2840. The van der Waals surface area contributed by atoms with Crippen LogP contribution in [0.5, 0.6) is 0 Å². The smallest absolute Gasteiger partial charge is 0.160 e. The van der Waals surface area contributed by atoms with Crippen molar-refractivity contribution in [2.75, 3.05) is 0 Å². The van der Waals surface area contributed by atoms with E-state index in [0.717, 1.165) is 61.1 Å². The SMILES string of the molecule is c1ccc(-c2ccc3c(-c4cccc5c4oc4cccc(-c6cc(-c7ccccc7)nc(-c7ccccc7)n6)c45)cc4ccccc4c3c2)cc1. The summed E-state index contributed by atoms with van der Waals surface area (Å²) in [7, 11) is 0. The summed E-state index contributed by atoms with van der Waals surface area (Å²) in [5.41, 5.74) is 11.1. The van der Waals surface area contributed by atoms with Crippen LogP contribution in [0.4, 0.5) is 0 Å². The molecule has 0 spiro atoms. The van der Waals surface area contributed by atoms with E-state index in [2.05, 4.69) is 146 Å². The van der Waals surface area contributed by atoms with Crippen LogP contribution in [0.3, 0.4) is 0 Å². The molecule has 0 saturated carbocycles. The maximum Gasteiger partial charge on any atom is 0.160 e. The number of hydrogen-bond acceptors (Lipinski definition) is 3. The first-order chi connectivity index (χ1) is 25.3. The van der Waals surface area contributed by atoms with Crippen LogP contribution in [0.2, 0.25) is 0 Å². The molecule has 0 N–H and O–H groups in total. The van der Waals surface area contributed by atoms with Crippen molar-refractivity contribution in [3.8, 4) is 56.2 Å². The standard InChI is InChI=1S/C48H30N2O/c1-4-14-31(15-5-1)34-26-27-37-41(28-34)36-21-11-10-20-35(36)29-42(37)38-22-12-24-40-46-39(23-13-25-45(46)51-47(38)40)44-30-43(32-16-6-2-7-17-32)49-48(50-44)33-18-8-3-9-19-33/h1-30H. The van der Waals surface area contributed by atoms with Gasteiger partial charge in [0.2, 0.25) is 0 Å². The molecule has 2 aromatic heterocycles. The number of hydrogen-bond donors (Lipinski definition) is 0. The molecule has 0 aliphatic rings. The average molecular weight is 651 g/mol. The zero-order chi connectivity index (χ0) is 33.7. The molecule has 3 heteroatoms. The van der Waals surface area contributed by atoms with Crippen LogP contribution in [0.25, 0.3) is 99.6 Å². The van der Waals surface area contributed by atoms with Crippen molar-refractivity contribution in [2.24, 2.45) is 0 Å². The molecule has 0 aliphatic carbocycles. The average Bonchev–Trinajstić information content (AvgIpc) is 3.61. The van der Waals surface area contributed by atoms with Crippen molar-refractivity contribution in [3.05, 3.63) is 182 Å². The Labute approximate surface area is 295 Å². The fourth-order valence-electron chi connectivity index (χ4n) is 7.47. The van der Waals surface area contributed by atoms with Gasteiger partial charge in [0, 0.05) is 33.0 Å². The van der Waals surface area contributed by atoms with Crippen LogP contribution in [-0.4, -0.2) is 9.97 Å². The molecule has 0 aliphatic heterocycles. The first-order valence-electron chi connectivity index (χ1n) is 17.2. The molecule has 10 aromatic rings. The summed E-state index contributed by atoms with van der Waals surface area (Å²) in [6.45, 7) is 0. The lowest BCUT2D eigenvalue weighted by Gasteiger charge is -2.13. The zero-order valence-electron chi connectivity index (χ0n) is 27.6. The summed E-state index contributed by atoms with van der Waals surface area (Å²) < 4.78 is 6.84. The van der Waals surface area contributed by atoms with Crippen LogP contribution in [-0.2, 0) is 0 Å². The molecular weight excluding hydrogens is 621 g/mol. The Kier molecular flexibility index (Phi) is 6.81. The number of aromatic nitrogens is 2. The summed E-state index contributed by atoms with van der Waals surface area (Å²) in [5.74, 6) is 0.690. The van der Waals surface area contributed by atoms with Gasteiger partial charge in [-0.05, 0) is 62.5 Å². The van der Waals surface area contributed by atoms with Crippen molar-refractivity contribution < 1.29 is 4.42 Å². The van der Waals surface area contributed by atoms with Crippen LogP contribution in [0.1, 0.15) is 0 Å². The molecule has 0 amide bonds. The molecule has 8 aromatic carbocycles. The number of furan rings is 1. The second-order valence-corrected chi connectivity index (χ2v) is 12.9. The third-order valence-corrected chi connectivity index (χ3v) is 9.88. The van der Waals surface area contributed by atoms with Gasteiger partial charge < -0.3 is 4.42 Å². The second-order valence-electron chi connectivity index (χ2n) is 12.9. The Morgan fingerprint density at radius 2 is 1.00 bits per heavy atom. The van der Waals surface area contributed by atoms with Crippen molar-refractivity contribution in [1.29, 1.82) is 0 Å². The zero-order valence-corrected chi connectivity index (χ0v) is 27.6. The van der Waals surface area contributed by atoms with Crippen LogP contribution >= 0.6 is 0 Å². The van der Waals surface area contributed by atoms with E-state index in [1.54, 1.807) is 0 Å². The normalized spacial score (nSPS) is 11.5. The molecule has 0 unspecified atom stereocenters. The van der Waals surface area contributed by atoms with Gasteiger partial charge in [0.1, 0.15) is 11.2 Å². The molecule has 10 rings (SSSR count). The predicted molar refractivity (Wildman–Crippen MR) is 212 cm³/mol. The molecule has 51 heavy (non-hydrogen) atoms. The fraction of sp³-hybridized carbons (Fsp3) is 0. The number of nitrogens with zero attached hydrogens (tertiary/aromatic N) is 2. The van der Waals surface area contributed by atoms with Crippen LogP contribution in [0.15, 0.2) is 186 Å². The van der Waals surface area contributed by atoms with Gasteiger partial charge in [-0.15, -0.1) is 0 Å². The van der Waals surface area contributed by atoms with E-state index in [0.29, 0.717) is 5.82 Å². The second kappa shape index (κ2) is 11.9. The maximum atomic E-state index is 6.84. The lowest BCUT2D eigenvalue weighted by atomic mass is 9.90. The first-order valence-corrected chi connectivity index (χ1v) is 17.2. The quantitative estimate of drug-likeness (QED) is 0.174. The highest BCUT2D eigenvalue weighted by atomic mass is 16.3. The van der Waals surface area contributed by atoms with E-state index in [9.17, 15) is 0 Å². The lowest BCUT2D eigenvalue weighted by Crippen LogP contribution is -1.96. The van der Waals surface area contributed by atoms with Gasteiger partial charge in [-0.25, -0.2) is 9.97 Å². The lowest BCUT2D eigenvalue weighted by molar-refractivity contribution is 0.670. The first kappa shape index (κ1) is 29.1. The minimum Gasteiger partial charge on any atom is -0.455 e. The van der Waals surface area contributed by atoms with Gasteiger partial charge in [0.25, 0.3) is 0 Å². The van der Waals surface area contributed by atoms with Gasteiger partial charge in [0.05, 0.1) is 11.4 Å². The van der Waals surface area contributed by atoms with Crippen LogP contribution < -0.4 is 0 Å².